The van der Waals surface area contributed by atoms with Gasteiger partial charge >= 0.3 is 0 Å². The van der Waals surface area contributed by atoms with Gasteiger partial charge < -0.3 is 9.84 Å². The van der Waals surface area contributed by atoms with E-state index in [1.165, 1.54) is 5.56 Å². The molecule has 1 aliphatic rings. The first-order chi connectivity index (χ1) is 6.81. The Bertz CT molecular complexity index is 320. The standard InChI is InChI=1S/C12H16O2/c1-14-10-6-7-11-9(8-10)4-2-3-5-12(11)13/h6-8,12-13H,2-5H2,1H3. The van der Waals surface area contributed by atoms with Gasteiger partial charge in [-0.15, -0.1) is 0 Å². The molecule has 0 saturated heterocycles. The lowest BCUT2D eigenvalue weighted by molar-refractivity contribution is 0.166. The van der Waals surface area contributed by atoms with E-state index < -0.39 is 0 Å². The number of rotatable bonds is 1. The number of methoxy groups -OCH3 is 1. The third kappa shape index (κ3) is 1.75. The topological polar surface area (TPSA) is 29.5 Å². The zero-order chi connectivity index (χ0) is 9.97. The lowest BCUT2D eigenvalue weighted by Gasteiger charge is -2.12. The van der Waals surface area contributed by atoms with Crippen LogP contribution in [-0.4, -0.2) is 12.2 Å². The summed E-state index contributed by atoms with van der Waals surface area (Å²) in [6, 6.07) is 5.96. The monoisotopic (exact) mass is 192 g/mol. The van der Waals surface area contributed by atoms with Crippen molar-refractivity contribution < 1.29 is 9.84 Å². The van der Waals surface area contributed by atoms with E-state index in [0.717, 1.165) is 37.0 Å². The molecule has 14 heavy (non-hydrogen) atoms. The van der Waals surface area contributed by atoms with E-state index in [0.29, 0.717) is 0 Å². The van der Waals surface area contributed by atoms with Crippen LogP contribution in [0.4, 0.5) is 0 Å². The minimum Gasteiger partial charge on any atom is -0.497 e. The van der Waals surface area contributed by atoms with Crippen LogP contribution in [0.25, 0.3) is 0 Å². The van der Waals surface area contributed by atoms with Gasteiger partial charge in [-0.05, 0) is 42.5 Å². The van der Waals surface area contributed by atoms with E-state index in [4.69, 9.17) is 4.74 Å². The molecule has 76 valence electrons. The van der Waals surface area contributed by atoms with Crippen LogP contribution in [0.2, 0.25) is 0 Å². The van der Waals surface area contributed by atoms with Crippen LogP contribution in [0.3, 0.4) is 0 Å². The largest absolute Gasteiger partial charge is 0.497 e. The molecule has 0 fully saturated rings. The molecule has 0 bridgehead atoms. The normalized spacial score (nSPS) is 21.1. The van der Waals surface area contributed by atoms with Gasteiger partial charge in [-0.1, -0.05) is 12.5 Å². The molecule has 1 N–H and O–H groups in total. The van der Waals surface area contributed by atoms with Crippen molar-refractivity contribution in [3.05, 3.63) is 29.3 Å². The second-order valence-corrected chi connectivity index (χ2v) is 3.83. The summed E-state index contributed by atoms with van der Waals surface area (Å²) in [5.74, 6) is 0.887. The number of aliphatic hydroxyl groups is 1. The van der Waals surface area contributed by atoms with Gasteiger partial charge in [-0.3, -0.25) is 0 Å². The first kappa shape index (κ1) is 9.53. The van der Waals surface area contributed by atoms with Crippen molar-refractivity contribution in [1.82, 2.24) is 0 Å². The minimum atomic E-state index is -0.279. The van der Waals surface area contributed by atoms with Crippen LogP contribution in [-0.2, 0) is 6.42 Å². The zero-order valence-electron chi connectivity index (χ0n) is 8.49. The zero-order valence-corrected chi connectivity index (χ0v) is 8.49. The fraction of sp³-hybridized carbons (Fsp3) is 0.500. The summed E-state index contributed by atoms with van der Waals surface area (Å²) in [5.41, 5.74) is 2.33. The first-order valence-corrected chi connectivity index (χ1v) is 5.16. The van der Waals surface area contributed by atoms with E-state index in [-0.39, 0.29) is 6.10 Å². The number of ether oxygens (including phenoxy) is 1. The average molecular weight is 192 g/mol. The van der Waals surface area contributed by atoms with E-state index >= 15 is 0 Å². The van der Waals surface area contributed by atoms with Crippen LogP contribution in [0, 0.1) is 0 Å². The van der Waals surface area contributed by atoms with Crippen molar-refractivity contribution in [1.29, 1.82) is 0 Å². The number of hydrogen-bond acceptors (Lipinski definition) is 2. The quantitative estimate of drug-likeness (QED) is 0.692. The molecule has 0 spiro atoms. The van der Waals surface area contributed by atoms with Crippen LogP contribution in [0.5, 0.6) is 5.75 Å². The molecule has 0 radical (unpaired) electrons. The van der Waals surface area contributed by atoms with Gasteiger partial charge in [-0.25, -0.2) is 0 Å². The smallest absolute Gasteiger partial charge is 0.119 e. The van der Waals surface area contributed by atoms with Gasteiger partial charge in [0.05, 0.1) is 13.2 Å². The SMILES string of the molecule is COc1ccc2c(c1)CCCCC2O. The Hall–Kier alpha value is -1.02. The Morgan fingerprint density at radius 2 is 2.21 bits per heavy atom. The molecule has 1 unspecified atom stereocenters. The predicted octanol–water partition coefficient (Wildman–Crippen LogP) is 2.46. The summed E-state index contributed by atoms with van der Waals surface area (Å²) >= 11 is 0. The summed E-state index contributed by atoms with van der Waals surface area (Å²) in [6.07, 6.45) is 3.94. The average Bonchev–Trinajstić information content (AvgIpc) is 2.40. The maximum atomic E-state index is 9.86. The fourth-order valence-corrected chi connectivity index (χ4v) is 2.06. The number of fused-ring (bicyclic) bond motifs is 1. The summed E-state index contributed by atoms with van der Waals surface area (Å²) in [5, 5.41) is 9.86. The van der Waals surface area contributed by atoms with Gasteiger partial charge in [0.15, 0.2) is 0 Å². The molecule has 0 amide bonds. The third-order valence-corrected chi connectivity index (χ3v) is 2.88. The highest BCUT2D eigenvalue weighted by atomic mass is 16.5. The Balaban J connectivity index is 2.38. The van der Waals surface area contributed by atoms with E-state index in [2.05, 4.69) is 0 Å². The molecule has 1 aromatic carbocycles. The van der Waals surface area contributed by atoms with E-state index in [1.807, 2.05) is 18.2 Å². The highest BCUT2D eigenvalue weighted by molar-refractivity contribution is 5.37. The van der Waals surface area contributed by atoms with Gasteiger partial charge in [0.1, 0.15) is 5.75 Å². The van der Waals surface area contributed by atoms with Crippen molar-refractivity contribution >= 4 is 0 Å². The van der Waals surface area contributed by atoms with Gasteiger partial charge in [0.2, 0.25) is 0 Å². The predicted molar refractivity (Wildman–Crippen MR) is 55.5 cm³/mol. The summed E-state index contributed by atoms with van der Waals surface area (Å²) in [6.45, 7) is 0. The van der Waals surface area contributed by atoms with Gasteiger partial charge in [-0.2, -0.15) is 0 Å². The molecule has 2 rings (SSSR count). The molecule has 1 aliphatic carbocycles. The van der Waals surface area contributed by atoms with E-state index in [9.17, 15) is 5.11 Å². The van der Waals surface area contributed by atoms with Gasteiger partial charge in [0, 0.05) is 0 Å². The molecule has 0 aromatic heterocycles. The maximum absolute atomic E-state index is 9.86. The molecule has 1 atom stereocenters. The lowest BCUT2D eigenvalue weighted by Crippen LogP contribution is -1.98. The second kappa shape index (κ2) is 4.01. The molecule has 2 nitrogen and oxygen atoms in total. The van der Waals surface area contributed by atoms with E-state index in [1.54, 1.807) is 7.11 Å². The Kier molecular flexibility index (Phi) is 2.73. The Labute approximate surface area is 84.5 Å². The number of aliphatic hydroxyl groups excluding tert-OH is 1. The number of hydrogen-bond donors (Lipinski definition) is 1. The number of benzene rings is 1. The van der Waals surface area contributed by atoms with Crippen LogP contribution >= 0.6 is 0 Å². The van der Waals surface area contributed by atoms with Crippen molar-refractivity contribution in [2.24, 2.45) is 0 Å². The Morgan fingerprint density at radius 1 is 1.36 bits per heavy atom. The van der Waals surface area contributed by atoms with Crippen LogP contribution in [0.1, 0.15) is 36.5 Å². The molecule has 0 aliphatic heterocycles. The molecule has 2 heteroatoms. The van der Waals surface area contributed by atoms with Crippen molar-refractivity contribution in [3.63, 3.8) is 0 Å². The Morgan fingerprint density at radius 3 is 3.00 bits per heavy atom. The summed E-state index contributed by atoms with van der Waals surface area (Å²) < 4.78 is 5.17. The summed E-state index contributed by atoms with van der Waals surface area (Å²) in [4.78, 5) is 0. The molecular weight excluding hydrogens is 176 g/mol. The molecule has 1 aromatic rings. The lowest BCUT2D eigenvalue weighted by atomic mass is 10.0. The third-order valence-electron chi connectivity index (χ3n) is 2.88. The molecule has 0 saturated carbocycles. The highest BCUT2D eigenvalue weighted by Gasteiger charge is 2.16. The molecular formula is C12H16O2. The minimum absolute atomic E-state index is 0.279. The highest BCUT2D eigenvalue weighted by Crippen LogP contribution is 2.30. The van der Waals surface area contributed by atoms with Crippen LogP contribution < -0.4 is 4.74 Å². The number of aryl methyl sites for hydroxylation is 1. The van der Waals surface area contributed by atoms with Crippen LogP contribution in [0.15, 0.2) is 18.2 Å². The first-order valence-electron chi connectivity index (χ1n) is 5.16. The van der Waals surface area contributed by atoms with Crippen molar-refractivity contribution in [2.45, 2.75) is 31.8 Å². The van der Waals surface area contributed by atoms with Crippen molar-refractivity contribution in [3.8, 4) is 5.75 Å². The van der Waals surface area contributed by atoms with Crippen molar-refractivity contribution in [2.75, 3.05) is 7.11 Å². The maximum Gasteiger partial charge on any atom is 0.119 e. The van der Waals surface area contributed by atoms with Gasteiger partial charge in [0.25, 0.3) is 0 Å². The molecule has 0 heterocycles. The fourth-order valence-electron chi connectivity index (χ4n) is 2.06. The second-order valence-electron chi connectivity index (χ2n) is 3.83. The summed E-state index contributed by atoms with van der Waals surface area (Å²) in [7, 11) is 1.68.